The van der Waals surface area contributed by atoms with Gasteiger partial charge in [0.05, 0.1) is 0 Å². The van der Waals surface area contributed by atoms with Crippen LogP contribution >= 0.6 is 0 Å². The van der Waals surface area contributed by atoms with Crippen LogP contribution in [0.2, 0.25) is 0 Å². The van der Waals surface area contributed by atoms with Crippen LogP contribution in [0, 0.1) is 11.8 Å². The molecule has 1 aromatic carbocycles. The second-order valence-corrected chi connectivity index (χ2v) is 7.87. The summed E-state index contributed by atoms with van der Waals surface area (Å²) in [5.74, 6) is 1.72. The molecule has 0 aromatic heterocycles. The molecule has 152 valence electrons. The van der Waals surface area contributed by atoms with Crippen molar-refractivity contribution in [2.45, 2.75) is 32.6 Å². The molecule has 4 rings (SSSR count). The third-order valence-corrected chi connectivity index (χ3v) is 6.22. The monoisotopic (exact) mass is 387 g/mol. The first-order chi connectivity index (χ1) is 13.6. The van der Waals surface area contributed by atoms with Gasteiger partial charge in [-0.3, -0.25) is 9.59 Å². The van der Waals surface area contributed by atoms with E-state index in [1.165, 1.54) is 0 Å². The van der Waals surface area contributed by atoms with Crippen molar-refractivity contribution in [3.05, 3.63) is 18.2 Å². The van der Waals surface area contributed by atoms with Crippen molar-refractivity contribution in [3.63, 3.8) is 0 Å². The average Bonchev–Trinajstić information content (AvgIpc) is 3.21. The third kappa shape index (κ3) is 4.09. The van der Waals surface area contributed by atoms with Crippen molar-refractivity contribution in [2.24, 2.45) is 11.8 Å². The summed E-state index contributed by atoms with van der Waals surface area (Å²) < 4.78 is 10.7. The van der Waals surface area contributed by atoms with Crippen LogP contribution in [0.4, 0.5) is 5.69 Å². The predicted octanol–water partition coefficient (Wildman–Crippen LogP) is 2.32. The fourth-order valence-corrected chi connectivity index (χ4v) is 4.36. The van der Waals surface area contributed by atoms with Gasteiger partial charge in [0.1, 0.15) is 0 Å². The molecule has 2 aliphatic heterocycles. The molecule has 0 spiro atoms. The minimum absolute atomic E-state index is 0.0290. The average molecular weight is 387 g/mol. The molecule has 3 aliphatic rings. The lowest BCUT2D eigenvalue weighted by Gasteiger charge is -2.37. The molecule has 1 saturated carbocycles. The molecule has 0 atom stereocenters. The van der Waals surface area contributed by atoms with Crippen LogP contribution in [-0.2, 0) is 9.59 Å². The molecular formula is C21H29N3O4. The van der Waals surface area contributed by atoms with Crippen molar-refractivity contribution in [1.29, 1.82) is 0 Å². The number of benzene rings is 1. The lowest BCUT2D eigenvalue weighted by Crippen LogP contribution is -2.50. The molecule has 0 radical (unpaired) electrons. The van der Waals surface area contributed by atoms with Crippen LogP contribution in [0.25, 0.3) is 0 Å². The summed E-state index contributed by atoms with van der Waals surface area (Å²) in [5, 5.41) is 2.98. The number of rotatable bonds is 4. The number of carbonyl (C=O) groups excluding carboxylic acids is 2. The number of amides is 2. The summed E-state index contributed by atoms with van der Waals surface area (Å²) in [6, 6.07) is 5.44. The smallest absolute Gasteiger partial charge is 0.231 e. The number of anilines is 1. The molecule has 28 heavy (non-hydrogen) atoms. The van der Waals surface area contributed by atoms with Gasteiger partial charge in [-0.05, 0) is 44.4 Å². The van der Waals surface area contributed by atoms with Crippen LogP contribution < -0.4 is 14.8 Å². The van der Waals surface area contributed by atoms with Crippen LogP contribution in [0.3, 0.4) is 0 Å². The van der Waals surface area contributed by atoms with E-state index in [0.717, 1.165) is 64.1 Å². The van der Waals surface area contributed by atoms with Gasteiger partial charge in [0.2, 0.25) is 18.6 Å². The highest BCUT2D eigenvalue weighted by molar-refractivity contribution is 5.93. The second kappa shape index (κ2) is 8.39. The summed E-state index contributed by atoms with van der Waals surface area (Å²) in [4.78, 5) is 29.8. The van der Waals surface area contributed by atoms with Gasteiger partial charge in [-0.2, -0.15) is 0 Å². The number of piperazine rings is 1. The van der Waals surface area contributed by atoms with Crippen molar-refractivity contribution < 1.29 is 19.1 Å². The molecule has 1 aromatic rings. The van der Waals surface area contributed by atoms with E-state index in [1.54, 1.807) is 6.07 Å². The van der Waals surface area contributed by atoms with Gasteiger partial charge in [-0.1, -0.05) is 6.92 Å². The number of hydrogen-bond donors (Lipinski definition) is 1. The summed E-state index contributed by atoms with van der Waals surface area (Å²) in [7, 11) is 0. The quantitative estimate of drug-likeness (QED) is 0.859. The topological polar surface area (TPSA) is 71.1 Å². The Hall–Kier alpha value is -2.28. The largest absolute Gasteiger partial charge is 0.454 e. The Morgan fingerprint density at radius 1 is 1.00 bits per heavy atom. The molecule has 7 heteroatoms. The van der Waals surface area contributed by atoms with E-state index in [9.17, 15) is 9.59 Å². The Bertz CT molecular complexity index is 722. The summed E-state index contributed by atoms with van der Waals surface area (Å²) in [6.07, 6.45) is 3.13. The number of likely N-dealkylation sites (N-methyl/N-ethyl adjacent to an activating group) is 1. The minimum Gasteiger partial charge on any atom is -0.454 e. The van der Waals surface area contributed by atoms with Gasteiger partial charge in [-0.25, -0.2) is 0 Å². The van der Waals surface area contributed by atoms with E-state index in [4.69, 9.17) is 9.47 Å². The van der Waals surface area contributed by atoms with Gasteiger partial charge < -0.3 is 24.6 Å². The summed E-state index contributed by atoms with van der Waals surface area (Å²) in [5.41, 5.74) is 0.723. The third-order valence-electron chi connectivity index (χ3n) is 6.22. The molecule has 2 heterocycles. The van der Waals surface area contributed by atoms with Gasteiger partial charge in [-0.15, -0.1) is 0 Å². The zero-order valence-electron chi connectivity index (χ0n) is 16.5. The molecule has 7 nitrogen and oxygen atoms in total. The van der Waals surface area contributed by atoms with Gasteiger partial charge >= 0.3 is 0 Å². The molecule has 0 bridgehead atoms. The summed E-state index contributed by atoms with van der Waals surface area (Å²) in [6.45, 7) is 7.02. The van der Waals surface area contributed by atoms with Gasteiger partial charge in [0.25, 0.3) is 0 Å². The van der Waals surface area contributed by atoms with Crippen molar-refractivity contribution in [1.82, 2.24) is 9.80 Å². The standard InChI is InChI=1S/C21H29N3O4/c1-2-23-9-11-24(12-10-23)21(26)16-5-3-15(4-6-16)20(25)22-17-7-8-18-19(13-17)28-14-27-18/h7-8,13,15-16H,2-6,9-12,14H2,1H3,(H,22,25). The molecular weight excluding hydrogens is 358 g/mol. The van der Waals surface area contributed by atoms with E-state index in [1.807, 2.05) is 17.0 Å². The molecule has 1 saturated heterocycles. The first-order valence-electron chi connectivity index (χ1n) is 10.4. The van der Waals surface area contributed by atoms with E-state index in [2.05, 4.69) is 17.1 Å². The molecule has 0 unspecified atom stereocenters. The van der Waals surface area contributed by atoms with Crippen LogP contribution in [0.15, 0.2) is 18.2 Å². The van der Waals surface area contributed by atoms with Crippen molar-refractivity contribution in [2.75, 3.05) is 44.8 Å². The SMILES string of the molecule is CCN1CCN(C(=O)C2CCC(C(=O)Nc3ccc4c(c3)OCO4)CC2)CC1. The second-order valence-electron chi connectivity index (χ2n) is 7.87. The fourth-order valence-electron chi connectivity index (χ4n) is 4.36. The maximum atomic E-state index is 12.8. The lowest BCUT2D eigenvalue weighted by molar-refractivity contribution is -0.139. The minimum atomic E-state index is -0.0357. The normalized spacial score (nSPS) is 24.8. The van der Waals surface area contributed by atoms with Crippen LogP contribution in [0.1, 0.15) is 32.6 Å². The van der Waals surface area contributed by atoms with E-state index in [0.29, 0.717) is 11.5 Å². The Labute approximate surface area is 166 Å². The number of ether oxygens (including phenoxy) is 2. The molecule has 1 aliphatic carbocycles. The zero-order valence-corrected chi connectivity index (χ0v) is 16.5. The highest BCUT2D eigenvalue weighted by atomic mass is 16.7. The number of hydrogen-bond acceptors (Lipinski definition) is 5. The predicted molar refractivity (Wildman–Crippen MR) is 105 cm³/mol. The Balaban J connectivity index is 1.25. The number of carbonyl (C=O) groups is 2. The van der Waals surface area contributed by atoms with Gasteiger partial charge in [0.15, 0.2) is 11.5 Å². The maximum absolute atomic E-state index is 12.8. The maximum Gasteiger partial charge on any atom is 0.231 e. The van der Waals surface area contributed by atoms with Crippen LogP contribution in [-0.4, -0.2) is 61.1 Å². The van der Waals surface area contributed by atoms with Gasteiger partial charge in [0, 0.05) is 49.8 Å². The van der Waals surface area contributed by atoms with Crippen molar-refractivity contribution in [3.8, 4) is 11.5 Å². The van der Waals surface area contributed by atoms with E-state index < -0.39 is 0 Å². The number of nitrogens with one attached hydrogen (secondary N) is 1. The molecule has 2 amide bonds. The van der Waals surface area contributed by atoms with Crippen molar-refractivity contribution >= 4 is 17.5 Å². The van der Waals surface area contributed by atoms with E-state index >= 15 is 0 Å². The molecule has 2 fully saturated rings. The first kappa shape index (κ1) is 19.1. The highest BCUT2D eigenvalue weighted by Crippen LogP contribution is 2.35. The fraction of sp³-hybridized carbons (Fsp3) is 0.619. The van der Waals surface area contributed by atoms with E-state index in [-0.39, 0.29) is 30.4 Å². The summed E-state index contributed by atoms with van der Waals surface area (Å²) >= 11 is 0. The number of nitrogens with zero attached hydrogens (tertiary/aromatic N) is 2. The Morgan fingerprint density at radius 2 is 1.68 bits per heavy atom. The van der Waals surface area contributed by atoms with Crippen LogP contribution in [0.5, 0.6) is 11.5 Å². The highest BCUT2D eigenvalue weighted by Gasteiger charge is 2.33. The molecule has 1 N–H and O–H groups in total. The lowest BCUT2D eigenvalue weighted by atomic mass is 9.80. The Morgan fingerprint density at radius 3 is 2.39 bits per heavy atom. The Kier molecular flexibility index (Phi) is 5.71. The zero-order chi connectivity index (χ0) is 19.5. The number of fused-ring (bicyclic) bond motifs is 1. The first-order valence-corrected chi connectivity index (χ1v) is 10.4.